The first kappa shape index (κ1) is 11.3. The van der Waals surface area contributed by atoms with Crippen molar-refractivity contribution in [1.29, 1.82) is 0 Å². The minimum absolute atomic E-state index is 0.859. The molecule has 0 saturated heterocycles. The first-order chi connectivity index (χ1) is 6.72. The fourth-order valence-electron chi connectivity index (χ4n) is 1.26. The van der Waals surface area contributed by atoms with Crippen LogP contribution in [0, 0.1) is 0 Å². The molecule has 0 unspecified atom stereocenters. The summed E-state index contributed by atoms with van der Waals surface area (Å²) in [5.41, 5.74) is 2.39. The van der Waals surface area contributed by atoms with E-state index in [-0.39, 0.29) is 0 Å². The van der Waals surface area contributed by atoms with Crippen molar-refractivity contribution >= 4 is 15.9 Å². The van der Waals surface area contributed by atoms with Crippen LogP contribution >= 0.6 is 15.9 Å². The summed E-state index contributed by atoms with van der Waals surface area (Å²) in [4.78, 5) is 0. The van der Waals surface area contributed by atoms with Crippen molar-refractivity contribution in [3.05, 3.63) is 46.6 Å². The van der Waals surface area contributed by atoms with Crippen molar-refractivity contribution in [2.45, 2.75) is 26.3 Å². The van der Waals surface area contributed by atoms with Gasteiger partial charge in [-0.25, -0.2) is 0 Å². The second kappa shape index (κ2) is 5.86. The third kappa shape index (κ3) is 3.97. The molecule has 0 aliphatic carbocycles. The molecule has 1 aromatic carbocycles. The maximum absolute atomic E-state index is 3.96. The minimum Gasteiger partial charge on any atom is -0.385 e. The van der Waals surface area contributed by atoms with Crippen LogP contribution in [0.3, 0.4) is 0 Å². The molecule has 0 saturated carbocycles. The minimum atomic E-state index is 0.859. The van der Waals surface area contributed by atoms with Crippen molar-refractivity contribution in [2.75, 3.05) is 0 Å². The van der Waals surface area contributed by atoms with E-state index in [1.165, 1.54) is 5.56 Å². The van der Waals surface area contributed by atoms with E-state index < -0.39 is 0 Å². The first-order valence-electron chi connectivity index (χ1n) is 4.88. The highest BCUT2D eigenvalue weighted by Gasteiger charge is 1.94. The molecular weight excluding hydrogens is 238 g/mol. The Bertz CT molecular complexity index is 307. The van der Waals surface area contributed by atoms with Gasteiger partial charge in [0.1, 0.15) is 0 Å². The molecule has 1 N–H and O–H groups in total. The fourth-order valence-corrected chi connectivity index (χ4v) is 1.71. The van der Waals surface area contributed by atoms with Crippen molar-refractivity contribution in [3.8, 4) is 0 Å². The number of rotatable bonds is 5. The first-order valence-corrected chi connectivity index (χ1v) is 5.67. The average molecular weight is 254 g/mol. The molecule has 2 heteroatoms. The van der Waals surface area contributed by atoms with Crippen LogP contribution in [0.25, 0.3) is 0 Å². The highest BCUT2D eigenvalue weighted by atomic mass is 79.9. The van der Waals surface area contributed by atoms with Crippen LogP contribution in [-0.4, -0.2) is 0 Å². The molecule has 0 heterocycles. The van der Waals surface area contributed by atoms with Crippen molar-refractivity contribution in [2.24, 2.45) is 0 Å². The topological polar surface area (TPSA) is 12.0 Å². The van der Waals surface area contributed by atoms with E-state index >= 15 is 0 Å². The van der Waals surface area contributed by atoms with Crippen LogP contribution in [0.15, 0.2) is 41.0 Å². The molecule has 0 radical (unpaired) electrons. The summed E-state index contributed by atoms with van der Waals surface area (Å²) >= 11 is 3.45. The van der Waals surface area contributed by atoms with Crippen molar-refractivity contribution in [3.63, 3.8) is 0 Å². The maximum atomic E-state index is 3.96. The molecule has 1 nitrogen and oxygen atoms in total. The average Bonchev–Trinajstić information content (AvgIpc) is 2.15. The summed E-state index contributed by atoms with van der Waals surface area (Å²) in [6, 6.07) is 8.30. The van der Waals surface area contributed by atoms with Gasteiger partial charge in [-0.3, -0.25) is 0 Å². The lowest BCUT2D eigenvalue weighted by Crippen LogP contribution is -2.11. The van der Waals surface area contributed by atoms with Gasteiger partial charge >= 0.3 is 0 Å². The number of benzene rings is 1. The summed E-state index contributed by atoms with van der Waals surface area (Å²) in [5.74, 6) is 0. The van der Waals surface area contributed by atoms with Gasteiger partial charge in [0.25, 0.3) is 0 Å². The highest BCUT2D eigenvalue weighted by Crippen LogP contribution is 2.11. The lowest BCUT2D eigenvalue weighted by atomic mass is 10.2. The lowest BCUT2D eigenvalue weighted by Gasteiger charge is -2.08. The molecule has 0 aliphatic rings. The third-order valence-corrected chi connectivity index (χ3v) is 2.48. The Morgan fingerprint density at radius 3 is 2.93 bits per heavy atom. The summed E-state index contributed by atoms with van der Waals surface area (Å²) in [7, 11) is 0. The molecule has 76 valence electrons. The maximum Gasteiger partial charge on any atom is 0.0398 e. The van der Waals surface area contributed by atoms with E-state index in [0.717, 1.165) is 29.6 Å². The van der Waals surface area contributed by atoms with Crippen LogP contribution in [0.2, 0.25) is 0 Å². The zero-order valence-corrected chi connectivity index (χ0v) is 10.1. The zero-order valence-electron chi connectivity index (χ0n) is 8.52. The van der Waals surface area contributed by atoms with E-state index in [1.807, 2.05) is 12.1 Å². The molecule has 0 bridgehead atoms. The predicted octanol–water partition coefficient (Wildman–Crippen LogP) is 3.85. The van der Waals surface area contributed by atoms with Gasteiger partial charge in [0.05, 0.1) is 0 Å². The molecule has 0 fully saturated rings. The van der Waals surface area contributed by atoms with E-state index in [1.54, 1.807) is 0 Å². The van der Waals surface area contributed by atoms with Gasteiger partial charge in [-0.05, 0) is 24.1 Å². The Morgan fingerprint density at radius 2 is 2.29 bits per heavy atom. The summed E-state index contributed by atoms with van der Waals surface area (Å²) in [5, 5.41) is 3.31. The second-order valence-corrected chi connectivity index (χ2v) is 4.25. The number of hydrogen-bond donors (Lipinski definition) is 1. The van der Waals surface area contributed by atoms with Gasteiger partial charge in [-0.15, -0.1) is 0 Å². The SMILES string of the molecule is C=C(CCC)NCc1cccc(Br)c1. The molecule has 14 heavy (non-hydrogen) atoms. The zero-order chi connectivity index (χ0) is 10.4. The smallest absolute Gasteiger partial charge is 0.0398 e. The molecule has 1 aromatic rings. The molecule has 0 atom stereocenters. The Morgan fingerprint density at radius 1 is 1.50 bits per heavy atom. The van der Waals surface area contributed by atoms with E-state index in [2.05, 4.69) is 46.9 Å². The number of halogens is 1. The standard InChI is InChI=1S/C12H16BrN/c1-3-5-10(2)14-9-11-6-4-7-12(13)8-11/h4,6-8,14H,2-3,5,9H2,1H3. The Labute approximate surface area is 94.3 Å². The van der Waals surface area contributed by atoms with Gasteiger partial charge in [0.2, 0.25) is 0 Å². The molecule has 1 rings (SSSR count). The van der Waals surface area contributed by atoms with Crippen molar-refractivity contribution < 1.29 is 0 Å². The van der Waals surface area contributed by atoms with E-state index in [0.29, 0.717) is 0 Å². The molecule has 0 amide bonds. The van der Waals surface area contributed by atoms with Crippen LogP contribution in [0.5, 0.6) is 0 Å². The summed E-state index contributed by atoms with van der Waals surface area (Å²) in [6.45, 7) is 6.98. The summed E-state index contributed by atoms with van der Waals surface area (Å²) < 4.78 is 1.12. The van der Waals surface area contributed by atoms with Crippen LogP contribution in [-0.2, 0) is 6.54 Å². The lowest BCUT2D eigenvalue weighted by molar-refractivity contribution is 0.740. The number of hydrogen-bond acceptors (Lipinski definition) is 1. The van der Waals surface area contributed by atoms with E-state index in [9.17, 15) is 0 Å². The van der Waals surface area contributed by atoms with Gasteiger partial charge in [-0.2, -0.15) is 0 Å². The van der Waals surface area contributed by atoms with Gasteiger partial charge < -0.3 is 5.32 Å². The van der Waals surface area contributed by atoms with Crippen molar-refractivity contribution in [1.82, 2.24) is 5.32 Å². The highest BCUT2D eigenvalue weighted by molar-refractivity contribution is 9.10. The Hall–Kier alpha value is -0.760. The normalized spacial score (nSPS) is 9.86. The molecule has 0 aromatic heterocycles. The monoisotopic (exact) mass is 253 g/mol. The number of allylic oxidation sites excluding steroid dienone is 1. The molecule has 0 aliphatic heterocycles. The second-order valence-electron chi connectivity index (χ2n) is 3.34. The van der Waals surface area contributed by atoms with E-state index in [4.69, 9.17) is 0 Å². The Kier molecular flexibility index (Phi) is 4.74. The largest absolute Gasteiger partial charge is 0.385 e. The van der Waals surface area contributed by atoms with Crippen LogP contribution in [0.4, 0.5) is 0 Å². The van der Waals surface area contributed by atoms with Gasteiger partial charge in [0, 0.05) is 16.7 Å². The number of nitrogens with one attached hydrogen (secondary N) is 1. The van der Waals surface area contributed by atoms with Crippen LogP contribution < -0.4 is 5.32 Å². The van der Waals surface area contributed by atoms with Gasteiger partial charge in [-0.1, -0.05) is 48.0 Å². The quantitative estimate of drug-likeness (QED) is 0.841. The predicted molar refractivity (Wildman–Crippen MR) is 65.0 cm³/mol. The molecular formula is C12H16BrN. The fraction of sp³-hybridized carbons (Fsp3) is 0.333. The molecule has 0 spiro atoms. The third-order valence-electron chi connectivity index (χ3n) is 1.98. The van der Waals surface area contributed by atoms with Crippen LogP contribution in [0.1, 0.15) is 25.3 Å². The van der Waals surface area contributed by atoms with Gasteiger partial charge in [0.15, 0.2) is 0 Å². The summed E-state index contributed by atoms with van der Waals surface area (Å²) in [6.07, 6.45) is 2.19. The Balaban J connectivity index is 2.41.